The largest absolute Gasteiger partial charge is 0.461 e. The van der Waals surface area contributed by atoms with Gasteiger partial charge in [-0.25, -0.2) is 0 Å². The fourth-order valence-corrected chi connectivity index (χ4v) is 19.2. The maximum Gasteiger partial charge on any atom is 0.326 e. The minimum atomic E-state index is -0.540. The molecule has 0 aromatic rings. The van der Waals surface area contributed by atoms with Crippen molar-refractivity contribution in [1.82, 2.24) is 29.4 Å². The number of nitrogens with zero attached hydrogens (tertiary/aromatic N) is 6. The zero-order chi connectivity index (χ0) is 99.0. The van der Waals surface area contributed by atoms with Crippen molar-refractivity contribution in [3.8, 4) is 0 Å². The van der Waals surface area contributed by atoms with E-state index in [4.69, 9.17) is 28.4 Å². The summed E-state index contributed by atoms with van der Waals surface area (Å²) in [5.74, 6) is -0.854. The number of unbranched alkanes of at least 4 members (excludes halogenated alkanes) is 48. The van der Waals surface area contributed by atoms with Gasteiger partial charge in [0, 0.05) is 36.8 Å². The van der Waals surface area contributed by atoms with Gasteiger partial charge in [-0.2, -0.15) is 0 Å². The molecule has 135 heavy (non-hydrogen) atoms. The molecule has 0 aromatic heterocycles. The average Bonchev–Trinajstić information content (AvgIpc) is 0.911. The predicted octanol–water partition coefficient (Wildman–Crippen LogP) is 29.4. The number of hydrogen-bond acceptors (Lipinski definition) is 21. The van der Waals surface area contributed by atoms with Gasteiger partial charge >= 0.3 is 35.8 Å². The van der Waals surface area contributed by atoms with Crippen LogP contribution >= 0.6 is 35.3 Å². The molecule has 0 fully saturated rings. The van der Waals surface area contributed by atoms with Crippen LogP contribution in [0.1, 0.15) is 466 Å². The lowest BCUT2D eigenvalue weighted by atomic mass is 10.0. The lowest BCUT2D eigenvalue weighted by Crippen LogP contribution is -2.39. The average molecular weight is 1960 g/mol. The number of hydrogen-bond donors (Lipinski definition) is 0. The molecule has 788 valence electrons. The van der Waals surface area contributed by atoms with Gasteiger partial charge < -0.3 is 57.8 Å². The van der Waals surface area contributed by atoms with E-state index < -0.39 is 23.9 Å². The Morgan fingerprint density at radius 2 is 0.489 bits per heavy atom. The summed E-state index contributed by atoms with van der Waals surface area (Å²) < 4.78 is 35.1. The molecular formula is C111H206N6O15S3. The molecule has 3 amide bonds. The first kappa shape index (κ1) is 130. The highest BCUT2D eigenvalue weighted by atomic mass is 32.2. The SMILES string of the molecule is CCCCCC/C=C\COC(=O)CCCN(CC(=O)OC(CCCCCCC)CCCCCCCCCCCCC/C=C\COC(=O)CN(CC(=O)OC(CCCCCCCC)CCCCCCCCCCCCCC/C=C\COC(=O)CN(CC(=O)OC(CCCCCCCC)CCCCCCCC)C(=O)SCCCCN(C)C)C(=O)SCCCCN(CC)CC)C(=O)SCCN(C)C. The van der Waals surface area contributed by atoms with Crippen LogP contribution < -0.4 is 0 Å². The first-order chi connectivity index (χ1) is 65.7. The van der Waals surface area contributed by atoms with Crippen LogP contribution in [0.2, 0.25) is 0 Å². The van der Waals surface area contributed by atoms with E-state index >= 15 is 0 Å². The number of amides is 3. The van der Waals surface area contributed by atoms with Crippen molar-refractivity contribution in [2.24, 2.45) is 0 Å². The van der Waals surface area contributed by atoms with Crippen molar-refractivity contribution in [2.75, 3.05) is 137 Å². The molecule has 21 nitrogen and oxygen atoms in total. The summed E-state index contributed by atoms with van der Waals surface area (Å²) >= 11 is 3.53. The lowest BCUT2D eigenvalue weighted by Gasteiger charge is -2.24. The van der Waals surface area contributed by atoms with Crippen molar-refractivity contribution in [3.05, 3.63) is 36.5 Å². The highest BCUT2D eigenvalue weighted by Gasteiger charge is 2.28. The lowest BCUT2D eigenvalue weighted by molar-refractivity contribution is -0.153. The second-order valence-corrected chi connectivity index (χ2v) is 41.6. The smallest absolute Gasteiger partial charge is 0.326 e. The monoisotopic (exact) mass is 1960 g/mol. The second kappa shape index (κ2) is 99.5. The minimum Gasteiger partial charge on any atom is -0.461 e. The highest BCUT2D eigenvalue weighted by Crippen LogP contribution is 2.25. The first-order valence-electron chi connectivity index (χ1n) is 55.5. The van der Waals surface area contributed by atoms with Gasteiger partial charge in [0.2, 0.25) is 0 Å². The van der Waals surface area contributed by atoms with Gasteiger partial charge in [-0.1, -0.05) is 383 Å². The van der Waals surface area contributed by atoms with Crippen molar-refractivity contribution in [3.63, 3.8) is 0 Å². The number of allylic oxidation sites excluding steroid dienone is 3. The highest BCUT2D eigenvalue weighted by molar-refractivity contribution is 8.14. The molecule has 0 aliphatic carbocycles. The van der Waals surface area contributed by atoms with Crippen LogP contribution in [-0.4, -0.2) is 237 Å². The number of esters is 6. The fraction of sp³-hybridized carbons (Fsp3) is 0.865. The molecule has 0 saturated carbocycles. The normalized spacial score (nSPS) is 12.2. The molecule has 0 aliphatic heterocycles. The molecule has 0 saturated heterocycles. The zero-order valence-electron chi connectivity index (χ0n) is 88.7. The van der Waals surface area contributed by atoms with Crippen molar-refractivity contribution in [2.45, 2.75) is 484 Å². The molecule has 0 bridgehead atoms. The van der Waals surface area contributed by atoms with Crippen LogP contribution in [0.25, 0.3) is 0 Å². The van der Waals surface area contributed by atoms with E-state index in [1.807, 2.05) is 51.3 Å². The Morgan fingerprint density at radius 1 is 0.237 bits per heavy atom. The van der Waals surface area contributed by atoms with Crippen LogP contribution in [-0.2, 0) is 57.2 Å². The van der Waals surface area contributed by atoms with Gasteiger partial charge in [0.15, 0.2) is 0 Å². The third kappa shape index (κ3) is 89.2. The van der Waals surface area contributed by atoms with Crippen LogP contribution in [0.3, 0.4) is 0 Å². The van der Waals surface area contributed by atoms with Crippen molar-refractivity contribution >= 4 is 86.8 Å². The molecule has 0 rings (SSSR count). The Hall–Kier alpha value is -4.62. The summed E-state index contributed by atoms with van der Waals surface area (Å²) in [6.45, 7) is 19.5. The van der Waals surface area contributed by atoms with E-state index in [-0.39, 0.29) is 111 Å². The van der Waals surface area contributed by atoms with E-state index in [1.54, 1.807) is 4.90 Å². The molecule has 0 aromatic carbocycles. The number of thioether (sulfide) groups is 3. The maximum atomic E-state index is 13.9. The topological polar surface area (TPSA) is 228 Å². The standard InChI is InChI=1S/C111H206N6O15S3/c1-12-19-24-29-52-61-72-89-127-103(118)84-77-87-115(109(124)135-94-88-113(10)11)97-106(121)130-100(78-64-55-28-23-16-5)82-68-59-50-46-43-39-35-37-41-45-49-54-63-74-91-129-105(120)96-117(111(126)134-93-76-71-86-114(17-6)18-7)99-108(123)132-102(81-67-58-32-27-22-15-4)83-69-60-51-47-42-38-34-33-36-40-44-48-53-62-73-90-128-104(119)95-116(110(125)133-92-75-70-85-112(8)9)98-107(122)131-101(79-65-56-30-25-20-13-2)80-66-57-31-26-21-14-3/h61-63,72-74,100-102H,12-60,64-71,75-99H2,1-11H3/b72-61-,73-62-,74-63-. The van der Waals surface area contributed by atoms with E-state index in [1.165, 1.54) is 232 Å². The molecule has 0 radical (unpaired) electrons. The van der Waals surface area contributed by atoms with Crippen LogP contribution in [0.5, 0.6) is 0 Å². The molecule has 0 heterocycles. The molecule has 0 aliphatic rings. The predicted molar refractivity (Wildman–Crippen MR) is 572 cm³/mol. The van der Waals surface area contributed by atoms with Gasteiger partial charge in [0.1, 0.15) is 70.9 Å². The number of rotatable bonds is 99. The van der Waals surface area contributed by atoms with Gasteiger partial charge in [0.25, 0.3) is 15.7 Å². The van der Waals surface area contributed by atoms with Crippen molar-refractivity contribution in [1.29, 1.82) is 0 Å². The summed E-state index contributed by atoms with van der Waals surface area (Å²) in [4.78, 5) is 132. The second-order valence-electron chi connectivity index (χ2n) is 38.4. The summed E-state index contributed by atoms with van der Waals surface area (Å²) in [7, 11) is 8.01. The molecular weight excluding hydrogens is 1750 g/mol. The Kier molecular flexibility index (Phi) is 96.1. The summed E-state index contributed by atoms with van der Waals surface area (Å²) in [6, 6.07) is 0. The summed E-state index contributed by atoms with van der Waals surface area (Å²) in [6.07, 6.45) is 81.2. The van der Waals surface area contributed by atoms with Crippen molar-refractivity contribution < 1.29 is 71.6 Å². The Balaban J connectivity index is 5.17. The number of carbonyl (C=O) groups is 9. The zero-order valence-corrected chi connectivity index (χ0v) is 91.2. The molecule has 0 N–H and O–H groups in total. The fourth-order valence-electron chi connectivity index (χ4n) is 16.6. The molecule has 24 heteroatoms. The van der Waals surface area contributed by atoms with E-state index in [9.17, 15) is 43.2 Å². The van der Waals surface area contributed by atoms with Gasteiger partial charge in [-0.05, 0) is 202 Å². The van der Waals surface area contributed by atoms with Crippen LogP contribution in [0.4, 0.5) is 14.4 Å². The Bertz CT molecular complexity index is 2870. The van der Waals surface area contributed by atoms with E-state index in [0.717, 1.165) is 250 Å². The summed E-state index contributed by atoms with van der Waals surface area (Å²) in [5.41, 5.74) is 0. The Labute approximate surface area is 840 Å². The minimum absolute atomic E-state index is 0.110. The van der Waals surface area contributed by atoms with Gasteiger partial charge in [0.05, 0.1) is 0 Å². The van der Waals surface area contributed by atoms with Crippen LogP contribution in [0.15, 0.2) is 36.5 Å². The Morgan fingerprint density at radius 3 is 0.793 bits per heavy atom. The van der Waals surface area contributed by atoms with Gasteiger partial charge in [-0.3, -0.25) is 43.2 Å². The number of carbonyl (C=O) groups excluding carboxylic acids is 9. The quantitative estimate of drug-likeness (QED) is 0.0238. The first-order valence-corrected chi connectivity index (χ1v) is 58.5. The van der Waals surface area contributed by atoms with E-state index in [2.05, 4.69) is 76.5 Å². The maximum absolute atomic E-state index is 13.9. The van der Waals surface area contributed by atoms with Crippen LogP contribution in [0, 0.1) is 0 Å². The third-order valence-corrected chi connectivity index (χ3v) is 28.0. The summed E-state index contributed by atoms with van der Waals surface area (Å²) in [5, 5.41) is -0.773. The van der Waals surface area contributed by atoms with E-state index in [0.29, 0.717) is 23.7 Å². The third-order valence-electron chi connectivity index (χ3n) is 25.1. The molecule has 2 unspecified atom stereocenters. The molecule has 2 atom stereocenters. The van der Waals surface area contributed by atoms with Gasteiger partial charge in [-0.15, -0.1) is 0 Å². The number of ether oxygens (including phenoxy) is 6. The molecule has 0 spiro atoms.